The van der Waals surface area contributed by atoms with E-state index in [-0.39, 0.29) is 16.3 Å². The number of phenols is 1. The maximum atomic E-state index is 13.6. The first kappa shape index (κ1) is 14.3. The quantitative estimate of drug-likeness (QED) is 0.881. The molecule has 3 nitrogen and oxygen atoms in total. The van der Waals surface area contributed by atoms with Crippen molar-refractivity contribution in [3.8, 4) is 11.5 Å². The van der Waals surface area contributed by atoms with Gasteiger partial charge >= 0.3 is 0 Å². The Labute approximate surface area is 118 Å². The lowest BCUT2D eigenvalue weighted by atomic mass is 10.0. The van der Waals surface area contributed by atoms with Gasteiger partial charge in [0.15, 0.2) is 5.78 Å². The molecule has 0 aromatic heterocycles. The van der Waals surface area contributed by atoms with E-state index in [2.05, 4.69) is 0 Å². The smallest absolute Gasteiger partial charge is 0.199 e. The van der Waals surface area contributed by atoms with Crippen molar-refractivity contribution in [1.29, 1.82) is 0 Å². The van der Waals surface area contributed by atoms with Gasteiger partial charge in [0.25, 0.3) is 0 Å². The lowest BCUT2D eigenvalue weighted by Gasteiger charge is -2.09. The van der Waals surface area contributed by atoms with Crippen LogP contribution < -0.4 is 4.74 Å². The zero-order valence-electron chi connectivity index (χ0n) is 10.3. The van der Waals surface area contributed by atoms with Gasteiger partial charge in [-0.25, -0.2) is 8.78 Å². The van der Waals surface area contributed by atoms with E-state index < -0.39 is 28.7 Å². The molecule has 0 heterocycles. The van der Waals surface area contributed by atoms with E-state index in [4.69, 9.17) is 16.3 Å². The van der Waals surface area contributed by atoms with Gasteiger partial charge in [-0.1, -0.05) is 11.6 Å². The first-order valence-electron chi connectivity index (χ1n) is 5.51. The topological polar surface area (TPSA) is 46.5 Å². The van der Waals surface area contributed by atoms with Crippen LogP contribution in [0.2, 0.25) is 5.02 Å². The number of halogens is 3. The Morgan fingerprint density at radius 1 is 1.20 bits per heavy atom. The SMILES string of the molecule is COc1ccc(C(=O)c2cc(F)ccc2F)c(O)c1Cl. The molecule has 0 aliphatic heterocycles. The highest BCUT2D eigenvalue weighted by Gasteiger charge is 2.21. The largest absolute Gasteiger partial charge is 0.505 e. The molecule has 0 spiro atoms. The van der Waals surface area contributed by atoms with Crippen LogP contribution in [-0.4, -0.2) is 18.0 Å². The molecule has 2 aromatic rings. The highest BCUT2D eigenvalue weighted by Crippen LogP contribution is 2.37. The summed E-state index contributed by atoms with van der Waals surface area (Å²) in [6.45, 7) is 0. The van der Waals surface area contributed by atoms with Crippen molar-refractivity contribution in [2.24, 2.45) is 0 Å². The van der Waals surface area contributed by atoms with Gasteiger partial charge in [-0.2, -0.15) is 0 Å². The molecule has 0 saturated carbocycles. The van der Waals surface area contributed by atoms with Crippen LogP contribution in [0.25, 0.3) is 0 Å². The molecule has 104 valence electrons. The summed E-state index contributed by atoms with van der Waals surface area (Å²) in [4.78, 5) is 12.1. The van der Waals surface area contributed by atoms with Crippen LogP contribution in [0.1, 0.15) is 15.9 Å². The van der Waals surface area contributed by atoms with E-state index in [1.54, 1.807) is 0 Å². The van der Waals surface area contributed by atoms with Crippen LogP contribution in [0.3, 0.4) is 0 Å². The second-order valence-corrected chi connectivity index (χ2v) is 4.31. The van der Waals surface area contributed by atoms with E-state index in [0.29, 0.717) is 0 Å². The maximum Gasteiger partial charge on any atom is 0.199 e. The van der Waals surface area contributed by atoms with Crippen LogP contribution in [-0.2, 0) is 0 Å². The average molecular weight is 299 g/mol. The van der Waals surface area contributed by atoms with Gasteiger partial charge in [-0.15, -0.1) is 0 Å². The van der Waals surface area contributed by atoms with Crippen LogP contribution in [0.15, 0.2) is 30.3 Å². The number of aromatic hydroxyl groups is 1. The number of rotatable bonds is 3. The van der Waals surface area contributed by atoms with Crippen molar-refractivity contribution in [2.45, 2.75) is 0 Å². The van der Waals surface area contributed by atoms with Gasteiger partial charge in [0.1, 0.15) is 28.2 Å². The van der Waals surface area contributed by atoms with Crippen LogP contribution in [0.5, 0.6) is 11.5 Å². The Morgan fingerprint density at radius 3 is 2.55 bits per heavy atom. The van der Waals surface area contributed by atoms with Crippen molar-refractivity contribution in [2.75, 3.05) is 7.11 Å². The van der Waals surface area contributed by atoms with E-state index in [1.807, 2.05) is 0 Å². The van der Waals surface area contributed by atoms with Crippen LogP contribution in [0.4, 0.5) is 8.78 Å². The fourth-order valence-electron chi connectivity index (χ4n) is 1.70. The minimum absolute atomic E-state index is 0.167. The zero-order valence-corrected chi connectivity index (χ0v) is 11.0. The Kier molecular flexibility index (Phi) is 3.90. The number of methoxy groups -OCH3 is 1. The van der Waals surface area contributed by atoms with Crippen LogP contribution >= 0.6 is 11.6 Å². The van der Waals surface area contributed by atoms with Crippen molar-refractivity contribution >= 4 is 17.4 Å². The van der Waals surface area contributed by atoms with Gasteiger partial charge in [-0.3, -0.25) is 4.79 Å². The summed E-state index contributed by atoms with van der Waals surface area (Å²) in [5.41, 5.74) is -0.721. The molecule has 0 bridgehead atoms. The molecule has 0 atom stereocenters. The van der Waals surface area contributed by atoms with Gasteiger partial charge in [0, 0.05) is 0 Å². The second kappa shape index (κ2) is 5.46. The van der Waals surface area contributed by atoms with Gasteiger partial charge in [0.05, 0.1) is 18.2 Å². The monoisotopic (exact) mass is 298 g/mol. The lowest BCUT2D eigenvalue weighted by Crippen LogP contribution is -2.06. The molecule has 0 aliphatic rings. The van der Waals surface area contributed by atoms with E-state index in [0.717, 1.165) is 18.2 Å². The van der Waals surface area contributed by atoms with Crippen molar-refractivity contribution in [3.63, 3.8) is 0 Å². The van der Waals surface area contributed by atoms with Gasteiger partial charge < -0.3 is 9.84 Å². The molecule has 2 aromatic carbocycles. The molecule has 0 fully saturated rings. The molecule has 0 radical (unpaired) electrons. The molecule has 0 saturated heterocycles. The summed E-state index contributed by atoms with van der Waals surface area (Å²) in [7, 11) is 1.34. The first-order chi connectivity index (χ1) is 9.45. The summed E-state index contributed by atoms with van der Waals surface area (Å²) >= 11 is 5.81. The summed E-state index contributed by atoms with van der Waals surface area (Å²) < 4.78 is 31.5. The predicted octanol–water partition coefficient (Wildman–Crippen LogP) is 3.56. The number of benzene rings is 2. The number of phenolic OH excluding ortho intramolecular Hbond substituents is 1. The van der Waals surface area contributed by atoms with Crippen molar-refractivity contribution < 1.29 is 23.4 Å². The molecular formula is C14H9ClF2O3. The molecular weight excluding hydrogens is 290 g/mol. The number of hydrogen-bond donors (Lipinski definition) is 1. The fraction of sp³-hybridized carbons (Fsp3) is 0.0714. The summed E-state index contributed by atoms with van der Waals surface area (Å²) in [6.07, 6.45) is 0. The highest BCUT2D eigenvalue weighted by atomic mass is 35.5. The minimum atomic E-state index is -0.886. The fourth-order valence-corrected chi connectivity index (χ4v) is 1.95. The number of hydrogen-bond acceptors (Lipinski definition) is 3. The molecule has 20 heavy (non-hydrogen) atoms. The standard InChI is InChI=1S/C14H9ClF2O3/c1-20-11-5-3-8(14(19)12(11)15)13(18)9-6-7(16)2-4-10(9)17/h2-6,19H,1H3. The Morgan fingerprint density at radius 2 is 1.90 bits per heavy atom. The molecule has 0 unspecified atom stereocenters. The zero-order chi connectivity index (χ0) is 14.9. The van der Waals surface area contributed by atoms with Crippen molar-refractivity contribution in [3.05, 3.63) is 58.1 Å². The summed E-state index contributed by atoms with van der Waals surface area (Å²) in [5.74, 6) is -2.89. The molecule has 1 N–H and O–H groups in total. The van der Waals surface area contributed by atoms with Crippen molar-refractivity contribution in [1.82, 2.24) is 0 Å². The Bertz CT molecular complexity index is 686. The van der Waals surface area contributed by atoms with E-state index in [1.165, 1.54) is 19.2 Å². The third-order valence-electron chi connectivity index (χ3n) is 2.72. The normalized spacial score (nSPS) is 10.4. The molecule has 6 heteroatoms. The third kappa shape index (κ3) is 2.44. The molecule has 2 rings (SSSR count). The minimum Gasteiger partial charge on any atom is -0.505 e. The molecule has 0 amide bonds. The number of carbonyl (C=O) groups is 1. The van der Waals surface area contributed by atoms with Gasteiger partial charge in [0.2, 0.25) is 0 Å². The third-order valence-corrected chi connectivity index (χ3v) is 3.08. The van der Waals surface area contributed by atoms with Gasteiger partial charge in [-0.05, 0) is 30.3 Å². The number of ether oxygens (including phenoxy) is 1. The second-order valence-electron chi connectivity index (χ2n) is 3.93. The Hall–Kier alpha value is -2.14. The predicted molar refractivity (Wildman–Crippen MR) is 69.5 cm³/mol. The summed E-state index contributed by atoms with van der Waals surface area (Å²) in [6, 6.07) is 5.08. The first-order valence-corrected chi connectivity index (χ1v) is 5.88. The van der Waals surface area contributed by atoms with E-state index in [9.17, 15) is 18.7 Å². The number of ketones is 1. The number of carbonyl (C=O) groups excluding carboxylic acids is 1. The van der Waals surface area contributed by atoms with E-state index >= 15 is 0 Å². The highest BCUT2D eigenvalue weighted by molar-refractivity contribution is 6.34. The maximum absolute atomic E-state index is 13.6. The Balaban J connectivity index is 2.54. The lowest BCUT2D eigenvalue weighted by molar-refractivity contribution is 0.103. The van der Waals surface area contributed by atoms with Crippen LogP contribution in [0, 0.1) is 11.6 Å². The molecule has 0 aliphatic carbocycles. The average Bonchev–Trinajstić information content (AvgIpc) is 2.44. The summed E-state index contributed by atoms with van der Waals surface area (Å²) in [5, 5.41) is 9.68.